The molecule has 0 saturated heterocycles. The topological polar surface area (TPSA) is 235 Å². The SMILES string of the molecule is Cc1ccncc1-c1cc2cc(NC(=O)[C@@H](C)C#N)ncc2c(N)n1.Cc1ccncc1-c1cc2cc(NC(=O)[C@H](C)C#N)ncc2c(N)n1. The molecule has 6 heterocycles. The number of nitriles is 2. The van der Waals surface area contributed by atoms with Gasteiger partial charge in [0.1, 0.15) is 35.1 Å². The van der Waals surface area contributed by atoms with Crippen LogP contribution in [0.5, 0.6) is 0 Å². The summed E-state index contributed by atoms with van der Waals surface area (Å²) >= 11 is 0. The normalized spacial score (nSPS) is 11.7. The number of aryl methyl sites for hydroxylation is 2. The molecule has 0 aliphatic heterocycles. The number of rotatable bonds is 6. The smallest absolute Gasteiger partial charge is 0.242 e. The van der Waals surface area contributed by atoms with Crippen molar-refractivity contribution in [3.8, 4) is 34.7 Å². The lowest BCUT2D eigenvalue weighted by Crippen LogP contribution is -2.19. The standard InChI is InChI=1S/2C18H16N6O/c2*1-10-3-4-21-8-13(10)15-5-12-6-16(24-18(25)11(2)7-19)22-9-14(12)17(20)23-15/h2*3-6,8-9,11H,1-2H3,(H2,20,23)(H,22,24,25)/t2*11-/m10/s1. The van der Waals surface area contributed by atoms with E-state index in [4.69, 9.17) is 22.0 Å². The van der Waals surface area contributed by atoms with E-state index in [-0.39, 0.29) is 0 Å². The predicted molar refractivity (Wildman–Crippen MR) is 191 cm³/mol. The Morgan fingerprint density at radius 3 is 1.44 bits per heavy atom. The monoisotopic (exact) mass is 664 g/mol. The van der Waals surface area contributed by atoms with Crippen molar-refractivity contribution in [2.24, 2.45) is 11.8 Å². The largest absolute Gasteiger partial charge is 0.383 e. The first-order valence-corrected chi connectivity index (χ1v) is 15.3. The fourth-order valence-corrected chi connectivity index (χ4v) is 4.81. The van der Waals surface area contributed by atoms with Crippen molar-refractivity contribution in [3.63, 3.8) is 0 Å². The highest BCUT2D eigenvalue weighted by molar-refractivity contribution is 5.99. The number of nitrogens with two attached hydrogens (primary N) is 2. The van der Waals surface area contributed by atoms with Gasteiger partial charge in [-0.05, 0) is 86.0 Å². The van der Waals surface area contributed by atoms with Gasteiger partial charge in [0.15, 0.2) is 0 Å². The highest BCUT2D eigenvalue weighted by Gasteiger charge is 2.16. The van der Waals surface area contributed by atoms with E-state index in [0.29, 0.717) is 45.4 Å². The second kappa shape index (κ2) is 14.8. The van der Waals surface area contributed by atoms with Gasteiger partial charge in [0.25, 0.3) is 0 Å². The van der Waals surface area contributed by atoms with Gasteiger partial charge in [-0.1, -0.05) is 0 Å². The second-order valence-electron chi connectivity index (χ2n) is 11.4. The minimum atomic E-state index is -0.756. The van der Waals surface area contributed by atoms with E-state index in [9.17, 15) is 9.59 Å². The van der Waals surface area contributed by atoms with E-state index < -0.39 is 23.7 Å². The van der Waals surface area contributed by atoms with Gasteiger partial charge in [-0.15, -0.1) is 0 Å². The molecule has 50 heavy (non-hydrogen) atoms. The van der Waals surface area contributed by atoms with Crippen LogP contribution in [0.4, 0.5) is 23.3 Å². The molecule has 6 aromatic rings. The molecule has 6 aromatic heterocycles. The summed E-state index contributed by atoms with van der Waals surface area (Å²) in [7, 11) is 0. The number of carbonyl (C=O) groups is 2. The van der Waals surface area contributed by atoms with Gasteiger partial charge in [0, 0.05) is 59.1 Å². The van der Waals surface area contributed by atoms with E-state index >= 15 is 0 Å². The zero-order chi connectivity index (χ0) is 35.9. The average Bonchev–Trinajstić information content (AvgIpc) is 3.11. The molecule has 14 heteroatoms. The Bertz CT molecular complexity index is 2180. The highest BCUT2D eigenvalue weighted by atomic mass is 16.2. The Balaban J connectivity index is 0.000000194. The molecule has 0 aromatic carbocycles. The molecule has 0 fully saturated rings. The van der Waals surface area contributed by atoms with Crippen LogP contribution in [0.3, 0.4) is 0 Å². The Hall–Kier alpha value is -7.06. The second-order valence-corrected chi connectivity index (χ2v) is 11.4. The van der Waals surface area contributed by atoms with Gasteiger partial charge in [-0.2, -0.15) is 10.5 Å². The predicted octanol–water partition coefficient (Wildman–Crippen LogP) is 5.36. The zero-order valence-corrected chi connectivity index (χ0v) is 27.6. The number of hydrogen-bond donors (Lipinski definition) is 4. The van der Waals surface area contributed by atoms with Gasteiger partial charge in [-0.25, -0.2) is 19.9 Å². The third kappa shape index (κ3) is 7.56. The molecule has 0 aliphatic rings. The van der Waals surface area contributed by atoms with E-state index in [0.717, 1.165) is 33.0 Å². The first-order chi connectivity index (χ1) is 24.0. The minimum absolute atomic E-state index is 0.353. The lowest BCUT2D eigenvalue weighted by atomic mass is 10.1. The summed E-state index contributed by atoms with van der Waals surface area (Å²) in [4.78, 5) is 49.2. The van der Waals surface area contributed by atoms with Gasteiger partial charge in [0.05, 0.1) is 23.5 Å². The zero-order valence-electron chi connectivity index (χ0n) is 27.6. The molecule has 6 N–H and O–H groups in total. The summed E-state index contributed by atoms with van der Waals surface area (Å²) in [6.45, 7) is 7.00. The van der Waals surface area contributed by atoms with Crippen molar-refractivity contribution < 1.29 is 9.59 Å². The molecule has 0 unspecified atom stereocenters. The summed E-state index contributed by atoms with van der Waals surface area (Å²) in [6, 6.07) is 14.8. The quantitative estimate of drug-likeness (QED) is 0.176. The van der Waals surface area contributed by atoms with E-state index in [1.54, 1.807) is 49.3 Å². The molecular weight excluding hydrogens is 632 g/mol. The van der Waals surface area contributed by atoms with Crippen molar-refractivity contribution in [1.82, 2.24) is 29.9 Å². The highest BCUT2D eigenvalue weighted by Crippen LogP contribution is 2.30. The number of anilines is 4. The molecule has 0 aliphatic carbocycles. The third-order valence-electron chi connectivity index (χ3n) is 7.80. The van der Waals surface area contributed by atoms with Gasteiger partial charge < -0.3 is 22.1 Å². The Labute approximate surface area is 287 Å². The maximum Gasteiger partial charge on any atom is 0.242 e. The van der Waals surface area contributed by atoms with Crippen LogP contribution in [0.1, 0.15) is 25.0 Å². The van der Waals surface area contributed by atoms with Gasteiger partial charge in [-0.3, -0.25) is 19.6 Å². The Morgan fingerprint density at radius 2 is 1.08 bits per heavy atom. The van der Waals surface area contributed by atoms with Crippen LogP contribution in [0.25, 0.3) is 44.1 Å². The third-order valence-corrected chi connectivity index (χ3v) is 7.80. The number of nitrogen functional groups attached to an aromatic ring is 2. The molecule has 2 amide bonds. The first kappa shape index (κ1) is 34.3. The Kier molecular flexibility index (Phi) is 10.1. The minimum Gasteiger partial charge on any atom is -0.383 e. The fourth-order valence-electron chi connectivity index (χ4n) is 4.81. The van der Waals surface area contributed by atoms with E-state index in [1.165, 1.54) is 13.8 Å². The lowest BCUT2D eigenvalue weighted by molar-refractivity contribution is -0.118. The van der Waals surface area contributed by atoms with Crippen LogP contribution in [0.2, 0.25) is 0 Å². The maximum absolute atomic E-state index is 11.9. The van der Waals surface area contributed by atoms with Crippen LogP contribution >= 0.6 is 0 Å². The molecule has 0 spiro atoms. The molecule has 14 nitrogen and oxygen atoms in total. The molecule has 0 bridgehead atoms. The molecule has 6 rings (SSSR count). The average molecular weight is 665 g/mol. The van der Waals surface area contributed by atoms with Gasteiger partial charge in [0.2, 0.25) is 11.8 Å². The van der Waals surface area contributed by atoms with Crippen LogP contribution in [-0.4, -0.2) is 41.7 Å². The van der Waals surface area contributed by atoms with Crippen LogP contribution in [0.15, 0.2) is 73.6 Å². The first-order valence-electron chi connectivity index (χ1n) is 15.3. The van der Waals surface area contributed by atoms with Crippen LogP contribution in [0, 0.1) is 48.3 Å². The van der Waals surface area contributed by atoms with Crippen molar-refractivity contribution in [2.75, 3.05) is 22.1 Å². The molecule has 2 atom stereocenters. The fraction of sp³-hybridized carbons (Fsp3) is 0.167. The number of nitrogens with zero attached hydrogens (tertiary/aromatic N) is 8. The molecule has 248 valence electrons. The number of aromatic nitrogens is 6. The van der Waals surface area contributed by atoms with Crippen molar-refractivity contribution in [3.05, 3.63) is 84.7 Å². The number of hydrogen-bond acceptors (Lipinski definition) is 12. The summed E-state index contributed by atoms with van der Waals surface area (Å²) in [5.41, 5.74) is 17.4. The van der Waals surface area contributed by atoms with Crippen molar-refractivity contribution in [1.29, 1.82) is 10.5 Å². The van der Waals surface area contributed by atoms with E-state index in [2.05, 4.69) is 40.5 Å². The van der Waals surface area contributed by atoms with E-state index in [1.807, 2.05) is 50.3 Å². The number of fused-ring (bicyclic) bond motifs is 2. The van der Waals surface area contributed by atoms with Crippen molar-refractivity contribution >= 4 is 56.6 Å². The molecular formula is C36H32N12O2. The summed E-state index contributed by atoms with van der Waals surface area (Å²) in [5, 5.41) is 25.9. The number of pyridine rings is 6. The number of carbonyl (C=O) groups excluding carboxylic acids is 2. The van der Waals surface area contributed by atoms with Crippen molar-refractivity contribution in [2.45, 2.75) is 27.7 Å². The summed E-state index contributed by atoms with van der Waals surface area (Å²) in [6.07, 6.45) is 10.0. The Morgan fingerprint density at radius 1 is 0.680 bits per heavy atom. The summed E-state index contributed by atoms with van der Waals surface area (Å²) in [5.74, 6) is -0.891. The number of nitrogens with one attached hydrogen (secondary N) is 2. The maximum atomic E-state index is 11.9. The molecule has 0 saturated carbocycles. The molecule has 0 radical (unpaired) electrons. The van der Waals surface area contributed by atoms with Gasteiger partial charge >= 0.3 is 0 Å². The summed E-state index contributed by atoms with van der Waals surface area (Å²) < 4.78 is 0. The van der Waals surface area contributed by atoms with Crippen LogP contribution in [-0.2, 0) is 9.59 Å². The number of amides is 2. The van der Waals surface area contributed by atoms with Crippen LogP contribution < -0.4 is 22.1 Å². The lowest BCUT2D eigenvalue weighted by Gasteiger charge is -2.10.